The van der Waals surface area contributed by atoms with Crippen molar-refractivity contribution in [3.63, 3.8) is 0 Å². The molecule has 0 radical (unpaired) electrons. The molecule has 3 heteroatoms. The van der Waals surface area contributed by atoms with Crippen LogP contribution >= 0.6 is 0 Å². The minimum atomic E-state index is -0.224. The summed E-state index contributed by atoms with van der Waals surface area (Å²) in [5, 5.41) is 0. The second kappa shape index (κ2) is 3.70. The van der Waals surface area contributed by atoms with Gasteiger partial charge in [-0.05, 0) is 24.0 Å². The topological polar surface area (TPSA) is 37.4 Å². The number of allylic oxidation sites excluding steroid dienone is 2. The molecule has 17 heavy (non-hydrogen) atoms. The van der Waals surface area contributed by atoms with Gasteiger partial charge in [-0.2, -0.15) is 0 Å². The number of carbonyl (C=O) groups is 2. The Bertz CT molecular complexity index is 537. The largest absolute Gasteiger partial charge is 0.269 e. The summed E-state index contributed by atoms with van der Waals surface area (Å²) in [5.74, 6) is -0.448. The van der Waals surface area contributed by atoms with Crippen LogP contribution in [0.3, 0.4) is 0 Å². The number of nitrogens with zero attached hydrogens (tertiary/aromatic N) is 1. The lowest BCUT2D eigenvalue weighted by Gasteiger charge is -2.29. The molecular weight excluding hydrogens is 214 g/mol. The van der Waals surface area contributed by atoms with E-state index in [0.717, 1.165) is 29.7 Å². The first-order chi connectivity index (χ1) is 8.27. The van der Waals surface area contributed by atoms with Gasteiger partial charge in [-0.25, -0.2) is 4.90 Å². The van der Waals surface area contributed by atoms with Crippen LogP contribution in [0.15, 0.2) is 48.2 Å². The molecule has 1 heterocycles. The molecule has 0 spiro atoms. The summed E-state index contributed by atoms with van der Waals surface area (Å²) in [6.07, 6.45) is 4.38. The van der Waals surface area contributed by atoms with Crippen molar-refractivity contribution in [2.24, 2.45) is 0 Å². The third-order valence-electron chi connectivity index (χ3n) is 3.16. The summed E-state index contributed by atoms with van der Waals surface area (Å²) >= 11 is 0. The van der Waals surface area contributed by atoms with E-state index in [1.807, 2.05) is 30.3 Å². The van der Waals surface area contributed by atoms with Crippen molar-refractivity contribution in [1.82, 2.24) is 4.90 Å². The van der Waals surface area contributed by atoms with Gasteiger partial charge in [0.25, 0.3) is 11.8 Å². The van der Waals surface area contributed by atoms with E-state index in [9.17, 15) is 9.59 Å². The van der Waals surface area contributed by atoms with Gasteiger partial charge in [-0.1, -0.05) is 30.3 Å². The summed E-state index contributed by atoms with van der Waals surface area (Å²) < 4.78 is 0. The van der Waals surface area contributed by atoms with Gasteiger partial charge in [-0.15, -0.1) is 0 Å². The Hall–Kier alpha value is -2.16. The molecule has 84 valence electrons. The number of benzene rings is 1. The van der Waals surface area contributed by atoms with Gasteiger partial charge in [0, 0.05) is 17.8 Å². The molecule has 1 aromatic rings. The minimum Gasteiger partial charge on any atom is -0.269 e. The molecular formula is C14H11NO2. The number of hydrogen-bond donors (Lipinski definition) is 0. The highest BCUT2D eigenvalue weighted by Gasteiger charge is 2.33. The van der Waals surface area contributed by atoms with Crippen LogP contribution in [0.5, 0.6) is 0 Å². The average molecular weight is 225 g/mol. The predicted molar refractivity (Wildman–Crippen MR) is 63.6 cm³/mol. The zero-order chi connectivity index (χ0) is 11.8. The Labute approximate surface area is 99.0 Å². The van der Waals surface area contributed by atoms with E-state index >= 15 is 0 Å². The van der Waals surface area contributed by atoms with Crippen molar-refractivity contribution in [3.8, 4) is 0 Å². The van der Waals surface area contributed by atoms with Gasteiger partial charge in [0.15, 0.2) is 0 Å². The van der Waals surface area contributed by atoms with Crippen LogP contribution in [-0.4, -0.2) is 16.7 Å². The molecule has 1 aromatic carbocycles. The zero-order valence-electron chi connectivity index (χ0n) is 9.22. The van der Waals surface area contributed by atoms with Crippen molar-refractivity contribution < 1.29 is 9.59 Å². The molecule has 1 aliphatic carbocycles. The molecule has 3 nitrogen and oxygen atoms in total. The van der Waals surface area contributed by atoms with Crippen molar-refractivity contribution in [3.05, 3.63) is 53.7 Å². The third kappa shape index (κ3) is 1.51. The number of rotatable bonds is 2. The molecule has 0 atom stereocenters. The SMILES string of the molecule is O=C1C=CC(=O)N1C1=C(c2ccccc2)CC1. The van der Waals surface area contributed by atoms with Gasteiger partial charge < -0.3 is 0 Å². The van der Waals surface area contributed by atoms with Gasteiger partial charge in [-0.3, -0.25) is 9.59 Å². The summed E-state index contributed by atoms with van der Waals surface area (Å²) in [6.45, 7) is 0. The van der Waals surface area contributed by atoms with Crippen LogP contribution in [0.25, 0.3) is 5.57 Å². The average Bonchev–Trinajstić information content (AvgIpc) is 2.61. The van der Waals surface area contributed by atoms with Gasteiger partial charge in [0.2, 0.25) is 0 Å². The van der Waals surface area contributed by atoms with Crippen LogP contribution in [0.1, 0.15) is 18.4 Å². The van der Waals surface area contributed by atoms with Gasteiger partial charge in [0.05, 0.1) is 0 Å². The smallest absolute Gasteiger partial charge is 0.257 e. The Kier molecular flexibility index (Phi) is 2.18. The predicted octanol–water partition coefficient (Wildman–Crippen LogP) is 2.12. The van der Waals surface area contributed by atoms with Crippen LogP contribution in [0.4, 0.5) is 0 Å². The van der Waals surface area contributed by atoms with E-state index in [-0.39, 0.29) is 11.8 Å². The van der Waals surface area contributed by atoms with E-state index in [2.05, 4.69) is 0 Å². The fourth-order valence-corrected chi connectivity index (χ4v) is 2.23. The molecule has 2 amide bonds. The van der Waals surface area contributed by atoms with Crippen molar-refractivity contribution in [1.29, 1.82) is 0 Å². The van der Waals surface area contributed by atoms with E-state index in [1.54, 1.807) is 0 Å². The van der Waals surface area contributed by atoms with Gasteiger partial charge >= 0.3 is 0 Å². The van der Waals surface area contributed by atoms with Crippen LogP contribution in [0, 0.1) is 0 Å². The fourth-order valence-electron chi connectivity index (χ4n) is 2.23. The van der Waals surface area contributed by atoms with Crippen LogP contribution < -0.4 is 0 Å². The molecule has 3 rings (SSSR count). The zero-order valence-corrected chi connectivity index (χ0v) is 9.22. The second-order valence-electron chi connectivity index (χ2n) is 4.14. The molecule has 0 unspecified atom stereocenters. The Morgan fingerprint density at radius 3 is 2.06 bits per heavy atom. The summed E-state index contributed by atoms with van der Waals surface area (Å²) in [6, 6.07) is 9.89. The number of hydrogen-bond acceptors (Lipinski definition) is 2. The number of carbonyl (C=O) groups excluding carboxylic acids is 2. The minimum absolute atomic E-state index is 0.224. The van der Waals surface area contributed by atoms with Crippen LogP contribution in [-0.2, 0) is 9.59 Å². The van der Waals surface area contributed by atoms with E-state index in [0.29, 0.717) is 0 Å². The molecule has 2 aliphatic rings. The van der Waals surface area contributed by atoms with Gasteiger partial charge in [0.1, 0.15) is 0 Å². The Balaban J connectivity index is 2.00. The molecule has 0 bridgehead atoms. The van der Waals surface area contributed by atoms with E-state index < -0.39 is 0 Å². The lowest BCUT2D eigenvalue weighted by atomic mass is 9.87. The Morgan fingerprint density at radius 1 is 0.882 bits per heavy atom. The lowest BCUT2D eigenvalue weighted by molar-refractivity contribution is -0.134. The third-order valence-corrected chi connectivity index (χ3v) is 3.16. The highest BCUT2D eigenvalue weighted by molar-refractivity contribution is 6.15. The number of amides is 2. The maximum Gasteiger partial charge on any atom is 0.257 e. The first-order valence-electron chi connectivity index (χ1n) is 5.61. The summed E-state index contributed by atoms with van der Waals surface area (Å²) in [4.78, 5) is 24.4. The van der Waals surface area contributed by atoms with E-state index in [4.69, 9.17) is 0 Å². The maximum atomic E-state index is 11.6. The molecule has 0 N–H and O–H groups in total. The highest BCUT2D eigenvalue weighted by Crippen LogP contribution is 2.39. The van der Waals surface area contributed by atoms with Crippen LogP contribution in [0.2, 0.25) is 0 Å². The highest BCUT2D eigenvalue weighted by atomic mass is 16.2. The number of imide groups is 1. The molecule has 1 aliphatic heterocycles. The monoisotopic (exact) mass is 225 g/mol. The summed E-state index contributed by atoms with van der Waals surface area (Å²) in [5.41, 5.74) is 3.06. The van der Waals surface area contributed by atoms with Crippen molar-refractivity contribution in [2.75, 3.05) is 0 Å². The lowest BCUT2D eigenvalue weighted by Crippen LogP contribution is -2.32. The first kappa shape index (κ1) is 10.0. The molecule has 0 saturated carbocycles. The van der Waals surface area contributed by atoms with E-state index in [1.165, 1.54) is 17.1 Å². The fraction of sp³-hybridized carbons (Fsp3) is 0.143. The van der Waals surface area contributed by atoms with Crippen molar-refractivity contribution in [2.45, 2.75) is 12.8 Å². The standard InChI is InChI=1S/C14H11NO2/c16-13-8-9-14(17)15(13)12-7-6-11(12)10-4-2-1-3-5-10/h1-5,8-9H,6-7H2. The molecule has 0 saturated heterocycles. The quantitative estimate of drug-likeness (QED) is 0.723. The normalized spacial score (nSPS) is 18.9. The first-order valence-corrected chi connectivity index (χ1v) is 5.61. The Morgan fingerprint density at radius 2 is 1.53 bits per heavy atom. The maximum absolute atomic E-state index is 11.6. The molecule has 0 aromatic heterocycles. The second-order valence-corrected chi connectivity index (χ2v) is 4.14. The summed E-state index contributed by atoms with van der Waals surface area (Å²) in [7, 11) is 0. The van der Waals surface area contributed by atoms with Crippen molar-refractivity contribution >= 4 is 17.4 Å². The molecule has 0 fully saturated rings.